The maximum absolute atomic E-state index is 13.9. The Labute approximate surface area is 174 Å². The number of carbonyl (C=O) groups excluding carboxylic acids is 1. The molecule has 8 heteroatoms. The molecule has 0 aliphatic carbocycles. The van der Waals surface area contributed by atoms with Crippen LogP contribution in [0, 0.1) is 0 Å². The minimum atomic E-state index is -3.38. The summed E-state index contributed by atoms with van der Waals surface area (Å²) in [5, 5.41) is 18.8. The van der Waals surface area contributed by atoms with Gasteiger partial charge in [-0.1, -0.05) is 38.3 Å². The zero-order valence-corrected chi connectivity index (χ0v) is 17.5. The number of aryl methyl sites for hydroxylation is 1. The molecule has 1 fully saturated rings. The zero-order valence-electron chi connectivity index (χ0n) is 16.7. The fourth-order valence-electron chi connectivity index (χ4n) is 3.44. The number of carboxylic acids is 1. The number of aliphatic carboxylic acids is 1. The lowest BCUT2D eigenvalue weighted by Crippen LogP contribution is -2.36. The molecule has 2 atom stereocenters. The third-order valence-electron chi connectivity index (χ3n) is 4.96. The number of unbranched alkanes of at least 4 members (excludes halogenated alkanes) is 2. The van der Waals surface area contributed by atoms with Crippen LogP contribution in [0.2, 0.25) is 0 Å². The predicted octanol–water partition coefficient (Wildman–Crippen LogP) is 4.04. The average molecular weight is 430 g/mol. The number of amides is 1. The molecule has 29 heavy (non-hydrogen) atoms. The van der Waals surface area contributed by atoms with E-state index in [4.69, 9.17) is 5.11 Å². The van der Waals surface area contributed by atoms with Gasteiger partial charge in [-0.25, -0.2) is 0 Å². The first-order valence-electron chi connectivity index (χ1n) is 10.1. The van der Waals surface area contributed by atoms with Gasteiger partial charge < -0.3 is 15.1 Å². The molecule has 0 unspecified atom stereocenters. The van der Waals surface area contributed by atoms with Crippen molar-refractivity contribution in [2.45, 2.75) is 76.4 Å². The smallest absolute Gasteiger partial charge is 0.327 e. The number of aliphatic hydroxyl groups excluding tert-OH is 1. The number of alkyl halides is 2. The molecule has 1 aliphatic heterocycles. The maximum Gasteiger partial charge on any atom is 0.327 e. The molecule has 162 valence electrons. The van der Waals surface area contributed by atoms with E-state index in [9.17, 15) is 23.5 Å². The monoisotopic (exact) mass is 429 g/mol. The van der Waals surface area contributed by atoms with Crippen molar-refractivity contribution in [1.82, 2.24) is 4.90 Å². The lowest BCUT2D eigenvalue weighted by atomic mass is 10.1. The highest BCUT2D eigenvalue weighted by atomic mass is 32.1. The van der Waals surface area contributed by atoms with Crippen LogP contribution in [-0.4, -0.2) is 51.6 Å². The van der Waals surface area contributed by atoms with Gasteiger partial charge in [0.1, 0.15) is 0 Å². The number of aliphatic hydroxyl groups is 1. The van der Waals surface area contributed by atoms with Crippen molar-refractivity contribution in [3.8, 4) is 0 Å². The van der Waals surface area contributed by atoms with E-state index in [0.29, 0.717) is 19.3 Å². The molecular formula is C21H29F2NO4S. The molecule has 2 N–H and O–H groups in total. The van der Waals surface area contributed by atoms with Crippen LogP contribution in [0.25, 0.3) is 0 Å². The summed E-state index contributed by atoms with van der Waals surface area (Å²) in [6.07, 6.45) is 6.38. The summed E-state index contributed by atoms with van der Waals surface area (Å²) in [4.78, 5) is 25.7. The standard InChI is InChI=1S/C21H29F2NO4S/c1-2-3-4-6-16(25)9-8-15-14-21(22,23)20(28)24(15)12-5-7-17-10-11-18(29-17)13-19(26)27/h8-11,15-16,25H,2-7,12-14H2,1H3,(H,26,27)/b9-8+/t15-,16+/m0/s1. The van der Waals surface area contributed by atoms with Crippen LogP contribution in [-0.2, 0) is 22.4 Å². The van der Waals surface area contributed by atoms with Crippen molar-refractivity contribution < 1.29 is 28.6 Å². The van der Waals surface area contributed by atoms with Gasteiger partial charge in [0.15, 0.2) is 0 Å². The van der Waals surface area contributed by atoms with Gasteiger partial charge in [-0.2, -0.15) is 8.78 Å². The Hall–Kier alpha value is -1.80. The zero-order chi connectivity index (χ0) is 21.4. The minimum Gasteiger partial charge on any atom is -0.481 e. The number of halogens is 2. The van der Waals surface area contributed by atoms with Crippen molar-refractivity contribution >= 4 is 23.2 Å². The van der Waals surface area contributed by atoms with Gasteiger partial charge in [-0.05, 0) is 31.4 Å². The topological polar surface area (TPSA) is 77.8 Å². The highest BCUT2D eigenvalue weighted by molar-refractivity contribution is 7.12. The van der Waals surface area contributed by atoms with Crippen molar-refractivity contribution in [2.75, 3.05) is 6.54 Å². The molecule has 1 aromatic rings. The molecule has 2 heterocycles. The van der Waals surface area contributed by atoms with E-state index in [2.05, 4.69) is 6.92 Å². The highest BCUT2D eigenvalue weighted by Gasteiger charge is 2.52. The van der Waals surface area contributed by atoms with Gasteiger partial charge in [-0.3, -0.25) is 9.59 Å². The van der Waals surface area contributed by atoms with Crippen LogP contribution < -0.4 is 0 Å². The van der Waals surface area contributed by atoms with Gasteiger partial charge in [0.25, 0.3) is 5.91 Å². The molecule has 5 nitrogen and oxygen atoms in total. The number of hydrogen-bond acceptors (Lipinski definition) is 4. The summed E-state index contributed by atoms with van der Waals surface area (Å²) in [6, 6.07) is 2.88. The normalized spacial score (nSPS) is 19.9. The second-order valence-electron chi connectivity index (χ2n) is 7.46. The SMILES string of the molecule is CCCCC[C@@H](O)/C=C/[C@H]1CC(F)(F)C(=O)N1CCCc1ccc(CC(=O)O)s1. The number of rotatable bonds is 12. The lowest BCUT2D eigenvalue weighted by Gasteiger charge is -2.22. The predicted molar refractivity (Wildman–Crippen MR) is 108 cm³/mol. The van der Waals surface area contributed by atoms with E-state index < -0.39 is 36.4 Å². The first-order valence-corrected chi connectivity index (χ1v) is 10.9. The Morgan fingerprint density at radius 1 is 1.34 bits per heavy atom. The van der Waals surface area contributed by atoms with Crippen molar-refractivity contribution in [2.24, 2.45) is 0 Å². The van der Waals surface area contributed by atoms with Gasteiger partial charge in [0.2, 0.25) is 0 Å². The number of carboxylic acid groups (broad SMARTS) is 1. The Balaban J connectivity index is 1.90. The van der Waals surface area contributed by atoms with Crippen LogP contribution in [0.5, 0.6) is 0 Å². The summed E-state index contributed by atoms with van der Waals surface area (Å²) in [5.74, 6) is -5.43. The average Bonchev–Trinajstić information content (AvgIpc) is 3.16. The van der Waals surface area contributed by atoms with Crippen molar-refractivity contribution in [3.05, 3.63) is 34.0 Å². The van der Waals surface area contributed by atoms with Crippen molar-refractivity contribution in [3.63, 3.8) is 0 Å². The number of likely N-dealkylation sites (tertiary alicyclic amines) is 1. The van der Waals surface area contributed by atoms with Crippen LogP contribution in [0.3, 0.4) is 0 Å². The molecule has 1 amide bonds. The molecule has 1 aliphatic rings. The second-order valence-corrected chi connectivity index (χ2v) is 8.72. The number of hydrogen-bond donors (Lipinski definition) is 2. The molecular weight excluding hydrogens is 400 g/mol. The molecule has 0 bridgehead atoms. The van der Waals surface area contributed by atoms with E-state index in [-0.39, 0.29) is 13.0 Å². The fraction of sp³-hybridized carbons (Fsp3) is 0.619. The van der Waals surface area contributed by atoms with Crippen LogP contribution in [0.15, 0.2) is 24.3 Å². The lowest BCUT2D eigenvalue weighted by molar-refractivity contribution is -0.148. The quantitative estimate of drug-likeness (QED) is 0.388. The van der Waals surface area contributed by atoms with Gasteiger partial charge in [0.05, 0.1) is 18.6 Å². The molecule has 0 saturated carbocycles. The molecule has 2 rings (SSSR count). The Morgan fingerprint density at radius 2 is 2.07 bits per heavy atom. The third kappa shape index (κ3) is 7.19. The molecule has 1 saturated heterocycles. The molecule has 0 aromatic carbocycles. The molecule has 1 aromatic heterocycles. The summed E-state index contributed by atoms with van der Waals surface area (Å²) in [7, 11) is 0. The highest BCUT2D eigenvalue weighted by Crippen LogP contribution is 2.34. The van der Waals surface area contributed by atoms with Gasteiger partial charge in [-0.15, -0.1) is 11.3 Å². The van der Waals surface area contributed by atoms with E-state index in [1.165, 1.54) is 28.4 Å². The Kier molecular flexibility index (Phi) is 8.77. The van der Waals surface area contributed by atoms with E-state index >= 15 is 0 Å². The first kappa shape index (κ1) is 23.5. The van der Waals surface area contributed by atoms with Gasteiger partial charge in [0, 0.05) is 22.7 Å². The Morgan fingerprint density at radius 3 is 2.76 bits per heavy atom. The van der Waals surface area contributed by atoms with E-state index in [0.717, 1.165) is 29.0 Å². The maximum atomic E-state index is 13.9. The summed E-state index contributed by atoms with van der Waals surface area (Å²) < 4.78 is 27.9. The number of carbonyl (C=O) groups is 2. The van der Waals surface area contributed by atoms with Gasteiger partial charge >= 0.3 is 11.9 Å². The van der Waals surface area contributed by atoms with Crippen LogP contribution in [0.4, 0.5) is 8.78 Å². The molecule has 0 spiro atoms. The van der Waals surface area contributed by atoms with E-state index in [1.54, 1.807) is 6.07 Å². The number of nitrogens with zero attached hydrogens (tertiary/aromatic N) is 1. The fourth-order valence-corrected chi connectivity index (χ4v) is 4.49. The first-order chi connectivity index (χ1) is 13.7. The summed E-state index contributed by atoms with van der Waals surface area (Å²) >= 11 is 1.39. The largest absolute Gasteiger partial charge is 0.481 e. The number of thiophene rings is 1. The summed E-state index contributed by atoms with van der Waals surface area (Å²) in [6.45, 7) is 2.26. The summed E-state index contributed by atoms with van der Waals surface area (Å²) in [5.41, 5.74) is 0. The van der Waals surface area contributed by atoms with Crippen LogP contribution in [0.1, 0.15) is 55.2 Å². The second kappa shape index (κ2) is 10.8. The Bertz CT molecular complexity index is 719. The minimum absolute atomic E-state index is 0.0328. The van der Waals surface area contributed by atoms with E-state index in [1.807, 2.05) is 6.07 Å². The third-order valence-corrected chi connectivity index (χ3v) is 6.11. The van der Waals surface area contributed by atoms with Crippen molar-refractivity contribution in [1.29, 1.82) is 0 Å². The molecule has 0 radical (unpaired) electrons. The van der Waals surface area contributed by atoms with Crippen LogP contribution >= 0.6 is 11.3 Å².